The van der Waals surface area contributed by atoms with Crippen molar-refractivity contribution < 1.29 is 98.9 Å². The predicted molar refractivity (Wildman–Crippen MR) is 2.06 cm³/mol. The Morgan fingerprint density at radius 3 is 0.500 bits per heavy atom. The molecule has 0 atom stereocenters. The molecule has 0 amide bonds. The Hall–Kier alpha value is 2.62. The van der Waals surface area contributed by atoms with E-state index in [0.717, 1.165) is 0 Å². The van der Waals surface area contributed by atoms with Crippen LogP contribution >= 0.6 is 0 Å². The first-order chi connectivity index (χ1) is 0. The van der Waals surface area contributed by atoms with Crippen LogP contribution in [0.4, 0.5) is 0 Å². The first kappa shape index (κ1) is 72.9. The van der Waals surface area contributed by atoms with Crippen LogP contribution in [0.2, 0.25) is 0 Å². The van der Waals surface area contributed by atoms with Crippen molar-refractivity contribution in [3.8, 4) is 0 Å². The first-order valence-electron chi connectivity index (χ1n) is 0. The maximum Gasteiger partial charge on any atom is 3.00 e. The summed E-state index contributed by atoms with van der Waals surface area (Å²) in [6.07, 6.45) is 0. The van der Waals surface area contributed by atoms with Crippen LogP contribution in [0.25, 0.3) is 0 Å². The summed E-state index contributed by atoms with van der Waals surface area (Å²) in [6.45, 7) is 0. The molecule has 0 fully saturated rings. The van der Waals surface area contributed by atoms with E-state index in [4.69, 9.17) is 0 Å². The summed E-state index contributed by atoms with van der Waals surface area (Å²) in [5.74, 6) is 0. The van der Waals surface area contributed by atoms with E-state index < -0.39 is 0 Å². The fourth-order valence-electron chi connectivity index (χ4n) is 0. The van der Waals surface area contributed by atoms with Gasteiger partial charge in [0.15, 0.2) is 0 Å². The van der Waals surface area contributed by atoms with Crippen LogP contribution in [0.3, 0.4) is 0 Å². The van der Waals surface area contributed by atoms with Crippen molar-refractivity contribution in [3.05, 3.63) is 0 Å². The van der Waals surface area contributed by atoms with Crippen molar-refractivity contribution in [1.82, 2.24) is 0 Å². The number of hydrogen-bond acceptors (Lipinski definition) is 0. The van der Waals surface area contributed by atoms with E-state index in [0.29, 0.717) is 0 Å². The Kier molecular flexibility index (Phi) is 591. The van der Waals surface area contributed by atoms with Crippen LogP contribution in [0.5, 0.6) is 0 Å². The molecule has 0 aromatic carbocycles. The molecule has 0 bridgehead atoms. The van der Waals surface area contributed by atoms with Crippen LogP contribution in [0.1, 0.15) is 0 Å². The molecule has 0 aliphatic heterocycles. The summed E-state index contributed by atoms with van der Waals surface area (Å²) in [5.41, 5.74) is 0. The fourth-order valence-corrected chi connectivity index (χ4v) is 0. The SMILES string of the molecule is [Ar].[Au+3].[Au+3].[O-2].[O-2].[O-2]. The van der Waals surface area contributed by atoms with Gasteiger partial charge in [0, 0.05) is 37.7 Å². The molecule has 6 heavy (non-hydrogen) atoms. The average Bonchev–Trinajstić information content (AvgIpc) is 0. The number of rotatable bonds is 0. The zero-order valence-corrected chi connectivity index (χ0v) is 7.22. The van der Waals surface area contributed by atoms with Gasteiger partial charge in [0.2, 0.25) is 0 Å². The fraction of sp³-hybridized carbons (Fsp3) is 0. The molecule has 0 saturated heterocycles. The van der Waals surface area contributed by atoms with Crippen LogP contribution in [0.15, 0.2) is 0 Å². The van der Waals surface area contributed by atoms with Crippen LogP contribution in [-0.4, -0.2) is 0 Å². The van der Waals surface area contributed by atoms with E-state index in [-0.39, 0.29) is 98.9 Å². The van der Waals surface area contributed by atoms with Gasteiger partial charge in [-0.05, 0) is 0 Å². The second-order valence-corrected chi connectivity index (χ2v) is 0. The Bertz CT molecular complexity index is 8.75. The Labute approximate surface area is 97.2 Å². The maximum absolute atomic E-state index is 0. The van der Waals surface area contributed by atoms with Crippen LogP contribution < -0.4 is 0 Å². The maximum atomic E-state index is 0. The summed E-state index contributed by atoms with van der Waals surface area (Å²) < 4.78 is 0. The molecule has 0 aromatic rings. The molecular formula is ArAu2O3. The third-order valence-corrected chi connectivity index (χ3v) is 0. The van der Waals surface area contributed by atoms with Gasteiger partial charge < -0.3 is 16.4 Å². The van der Waals surface area contributed by atoms with Gasteiger partial charge in [0.1, 0.15) is 0 Å². The molecule has 0 aromatic heterocycles. The van der Waals surface area contributed by atoms with Gasteiger partial charge in [0.25, 0.3) is 0 Å². The first-order valence-corrected chi connectivity index (χ1v) is 0. The predicted octanol–water partition coefficient (Wildman–Crippen LogP) is -0.361. The van der Waals surface area contributed by atoms with Gasteiger partial charge in [-0.3, -0.25) is 0 Å². The molecule has 0 aliphatic carbocycles. The minimum atomic E-state index is 0. The monoisotopic (exact) mass is 482 g/mol. The molecular weight excluding hydrogens is 482 g/mol. The van der Waals surface area contributed by atoms with E-state index in [2.05, 4.69) is 0 Å². The second-order valence-electron chi connectivity index (χ2n) is 0. The molecule has 0 N–H and O–H groups in total. The van der Waals surface area contributed by atoms with Crippen molar-refractivity contribution in [1.29, 1.82) is 0 Å². The quantitative estimate of drug-likeness (QED) is 0.423. The summed E-state index contributed by atoms with van der Waals surface area (Å²) in [6, 6.07) is 0. The van der Waals surface area contributed by atoms with E-state index in [1.807, 2.05) is 0 Å². The smallest absolute Gasteiger partial charge is 2.00 e. The molecule has 0 unspecified atom stereocenters. The van der Waals surface area contributed by atoms with Gasteiger partial charge in [0.05, 0.1) is 0 Å². The minimum Gasteiger partial charge on any atom is -2.00 e. The van der Waals surface area contributed by atoms with Crippen molar-refractivity contribution in [2.24, 2.45) is 0 Å². The zero-order valence-electron chi connectivity index (χ0n) is 2.18. The molecule has 0 heterocycles. The summed E-state index contributed by atoms with van der Waals surface area (Å²) in [4.78, 5) is 0. The van der Waals surface area contributed by atoms with E-state index in [9.17, 15) is 0 Å². The van der Waals surface area contributed by atoms with E-state index in [1.54, 1.807) is 0 Å². The molecule has 0 spiro atoms. The molecule has 6 heteroatoms. The van der Waals surface area contributed by atoms with Gasteiger partial charge in [-0.2, -0.15) is 0 Å². The number of hydrogen-bond donors (Lipinski definition) is 0. The molecule has 3 nitrogen and oxygen atoms in total. The largest absolute Gasteiger partial charge is 3.00 e. The molecule has 0 rings (SSSR count). The average molecular weight is 482 g/mol. The Balaban J connectivity index is 0. The van der Waals surface area contributed by atoms with Crippen molar-refractivity contribution >= 4 is 0 Å². The molecule has 48 valence electrons. The standard InChI is InChI=1S/Ar.2Au.3O/q;2*+3;3*-2. The van der Waals surface area contributed by atoms with Crippen molar-refractivity contribution in [2.75, 3.05) is 0 Å². The summed E-state index contributed by atoms with van der Waals surface area (Å²) in [5, 5.41) is 0. The summed E-state index contributed by atoms with van der Waals surface area (Å²) >= 11 is 0. The van der Waals surface area contributed by atoms with Gasteiger partial charge in [-0.25, -0.2) is 0 Å². The van der Waals surface area contributed by atoms with E-state index >= 15 is 0 Å². The van der Waals surface area contributed by atoms with Crippen LogP contribution in [-0.2, 0) is 61.2 Å². The third kappa shape index (κ3) is 30.5. The topological polar surface area (TPSA) is 85.5 Å². The van der Waals surface area contributed by atoms with Crippen LogP contribution in [0, 0.1) is 37.7 Å². The Morgan fingerprint density at radius 1 is 0.500 bits per heavy atom. The van der Waals surface area contributed by atoms with Gasteiger partial charge in [-0.15, -0.1) is 0 Å². The normalized spacial score (nSPS) is 0. The third-order valence-electron chi connectivity index (χ3n) is 0. The molecule has 0 aliphatic rings. The zero-order chi connectivity index (χ0) is 0. The van der Waals surface area contributed by atoms with Gasteiger partial charge in [-0.1, -0.05) is 0 Å². The molecule has 0 saturated carbocycles. The second kappa shape index (κ2) is 48.6. The molecule has 0 radical (unpaired) electrons. The van der Waals surface area contributed by atoms with Crippen molar-refractivity contribution in [2.45, 2.75) is 0 Å². The van der Waals surface area contributed by atoms with Gasteiger partial charge >= 0.3 is 44.8 Å². The minimum absolute atomic E-state index is 0. The summed E-state index contributed by atoms with van der Waals surface area (Å²) in [7, 11) is 0. The van der Waals surface area contributed by atoms with E-state index in [1.165, 1.54) is 0 Å². The van der Waals surface area contributed by atoms with Crippen molar-refractivity contribution in [3.63, 3.8) is 0 Å². The Morgan fingerprint density at radius 2 is 0.500 bits per heavy atom.